The first kappa shape index (κ1) is 24.8. The molecule has 190 valence electrons. The molecule has 0 bridgehead atoms. The Balaban J connectivity index is 1.51. The summed E-state index contributed by atoms with van der Waals surface area (Å²) in [6, 6.07) is 19.3. The van der Waals surface area contributed by atoms with Crippen molar-refractivity contribution in [1.29, 1.82) is 0 Å². The molecule has 7 heteroatoms. The summed E-state index contributed by atoms with van der Waals surface area (Å²) in [4.78, 5) is 31.7. The zero-order valence-corrected chi connectivity index (χ0v) is 22.4. The summed E-state index contributed by atoms with van der Waals surface area (Å²) in [7, 11) is 0. The van der Waals surface area contributed by atoms with Crippen LogP contribution in [-0.2, 0) is 0 Å². The van der Waals surface area contributed by atoms with E-state index >= 15 is 0 Å². The smallest absolute Gasteiger partial charge is 0.345 e. The molecule has 0 saturated carbocycles. The molecular formula is C30H30N2O4S. The van der Waals surface area contributed by atoms with Crippen molar-refractivity contribution < 1.29 is 8.83 Å². The standard InChI is InChI=1S/C30H30N2O4S/c1-5-31(6-2)21-11-9-19-15-23(29(33)35-25(19)17-21)27-13-14-28(37-27)24-16-20-10-12-22(32(7-3)8-4)18-26(20)36-30(24)34/h9-18H,5-8H2,1-4H3. The van der Waals surface area contributed by atoms with Crippen molar-refractivity contribution in [3.8, 4) is 20.9 Å². The molecule has 0 aliphatic carbocycles. The Bertz CT molecular complexity index is 1570. The summed E-state index contributed by atoms with van der Waals surface area (Å²) in [5, 5.41) is 1.71. The lowest BCUT2D eigenvalue weighted by molar-refractivity contribution is 0.563. The van der Waals surface area contributed by atoms with Gasteiger partial charge in [-0.1, -0.05) is 0 Å². The fourth-order valence-electron chi connectivity index (χ4n) is 4.74. The summed E-state index contributed by atoms with van der Waals surface area (Å²) < 4.78 is 11.4. The van der Waals surface area contributed by atoms with Gasteiger partial charge in [0.15, 0.2) is 0 Å². The normalized spacial score (nSPS) is 11.4. The van der Waals surface area contributed by atoms with Crippen LogP contribution in [0.2, 0.25) is 0 Å². The van der Waals surface area contributed by atoms with E-state index in [1.54, 1.807) is 0 Å². The topological polar surface area (TPSA) is 66.9 Å². The molecule has 2 aromatic carbocycles. The molecule has 5 aromatic rings. The van der Waals surface area contributed by atoms with Crippen LogP contribution in [0.4, 0.5) is 11.4 Å². The number of hydrogen-bond donors (Lipinski definition) is 0. The maximum Gasteiger partial charge on any atom is 0.345 e. The molecular weight excluding hydrogens is 484 g/mol. The minimum absolute atomic E-state index is 0.396. The van der Waals surface area contributed by atoms with Crippen LogP contribution in [0, 0.1) is 0 Å². The Hall–Kier alpha value is -3.84. The first-order valence-electron chi connectivity index (χ1n) is 12.7. The molecule has 0 atom stereocenters. The third-order valence-electron chi connectivity index (χ3n) is 6.83. The first-order chi connectivity index (χ1) is 17.9. The van der Waals surface area contributed by atoms with Crippen molar-refractivity contribution in [2.45, 2.75) is 27.7 Å². The molecule has 0 fully saturated rings. The van der Waals surface area contributed by atoms with Gasteiger partial charge in [0.1, 0.15) is 11.2 Å². The van der Waals surface area contributed by atoms with E-state index in [0.717, 1.165) is 58.1 Å². The van der Waals surface area contributed by atoms with Crippen molar-refractivity contribution in [2.24, 2.45) is 0 Å². The van der Waals surface area contributed by atoms with Gasteiger partial charge < -0.3 is 18.6 Å². The quantitative estimate of drug-likeness (QED) is 0.208. The van der Waals surface area contributed by atoms with Crippen LogP contribution >= 0.6 is 11.3 Å². The number of hydrogen-bond acceptors (Lipinski definition) is 7. The molecule has 0 spiro atoms. The van der Waals surface area contributed by atoms with E-state index in [9.17, 15) is 9.59 Å². The largest absolute Gasteiger partial charge is 0.422 e. The predicted octanol–water partition coefficient (Wildman–Crippen LogP) is 6.99. The number of rotatable bonds is 8. The summed E-state index contributed by atoms with van der Waals surface area (Å²) in [6.07, 6.45) is 0. The van der Waals surface area contributed by atoms with Gasteiger partial charge in [-0.05, 0) is 76.2 Å². The molecule has 3 heterocycles. The van der Waals surface area contributed by atoms with Gasteiger partial charge in [0.25, 0.3) is 0 Å². The molecule has 0 aliphatic heterocycles. The molecule has 3 aromatic heterocycles. The molecule has 0 radical (unpaired) electrons. The van der Waals surface area contributed by atoms with Crippen molar-refractivity contribution in [3.05, 3.63) is 81.5 Å². The Morgan fingerprint density at radius 1 is 0.595 bits per heavy atom. The zero-order valence-electron chi connectivity index (χ0n) is 21.5. The highest BCUT2D eigenvalue weighted by Crippen LogP contribution is 2.35. The molecule has 37 heavy (non-hydrogen) atoms. The Kier molecular flexibility index (Phi) is 6.89. The second-order valence-corrected chi connectivity index (χ2v) is 9.93. The molecule has 6 nitrogen and oxygen atoms in total. The number of thiophene rings is 1. The van der Waals surface area contributed by atoms with Crippen molar-refractivity contribution in [1.82, 2.24) is 0 Å². The van der Waals surface area contributed by atoms with E-state index in [4.69, 9.17) is 8.83 Å². The fourth-order valence-corrected chi connectivity index (χ4v) is 5.76. The average Bonchev–Trinajstić information content (AvgIpc) is 3.39. The second kappa shape index (κ2) is 10.3. The summed E-state index contributed by atoms with van der Waals surface area (Å²) in [5.41, 5.74) is 3.35. The number of nitrogens with zero attached hydrogens (tertiary/aromatic N) is 2. The highest BCUT2D eigenvalue weighted by Gasteiger charge is 2.16. The fraction of sp³-hybridized carbons (Fsp3) is 0.267. The molecule has 0 saturated heterocycles. The molecule has 5 rings (SSSR count). The minimum Gasteiger partial charge on any atom is -0.422 e. The van der Waals surface area contributed by atoms with Gasteiger partial charge in [0.05, 0.1) is 11.1 Å². The molecule has 0 aliphatic rings. The summed E-state index contributed by atoms with van der Waals surface area (Å²) >= 11 is 1.38. The number of benzene rings is 2. The maximum absolute atomic E-state index is 12.9. The number of anilines is 2. The Labute approximate surface area is 219 Å². The number of fused-ring (bicyclic) bond motifs is 2. The third kappa shape index (κ3) is 4.67. The van der Waals surface area contributed by atoms with E-state index in [-0.39, 0.29) is 0 Å². The van der Waals surface area contributed by atoms with Crippen LogP contribution < -0.4 is 21.1 Å². The van der Waals surface area contributed by atoms with Crippen LogP contribution in [0.3, 0.4) is 0 Å². The monoisotopic (exact) mass is 514 g/mol. The molecule has 0 unspecified atom stereocenters. The minimum atomic E-state index is -0.396. The van der Waals surface area contributed by atoms with Gasteiger partial charge in [-0.3, -0.25) is 0 Å². The van der Waals surface area contributed by atoms with E-state index in [2.05, 4.69) is 37.5 Å². The van der Waals surface area contributed by atoms with Gasteiger partial charge >= 0.3 is 11.3 Å². The molecule has 0 N–H and O–H groups in total. The van der Waals surface area contributed by atoms with E-state index < -0.39 is 11.3 Å². The van der Waals surface area contributed by atoms with E-state index in [0.29, 0.717) is 22.3 Å². The highest BCUT2D eigenvalue weighted by atomic mass is 32.1. The maximum atomic E-state index is 12.9. The second-order valence-electron chi connectivity index (χ2n) is 8.85. The summed E-state index contributed by atoms with van der Waals surface area (Å²) in [5.74, 6) is 0. The lowest BCUT2D eigenvalue weighted by Gasteiger charge is -2.21. The zero-order chi connectivity index (χ0) is 26.1. The predicted molar refractivity (Wildman–Crippen MR) is 154 cm³/mol. The summed E-state index contributed by atoms with van der Waals surface area (Å²) in [6.45, 7) is 11.9. The van der Waals surface area contributed by atoms with Gasteiger partial charge in [-0.25, -0.2) is 9.59 Å². The van der Waals surface area contributed by atoms with Gasteiger partial charge in [-0.2, -0.15) is 0 Å². The SMILES string of the molecule is CCN(CC)c1ccc2cc(-c3ccc(-c4cc5ccc(N(CC)CC)cc5oc4=O)s3)c(=O)oc2c1. The lowest BCUT2D eigenvalue weighted by Crippen LogP contribution is -2.21. The average molecular weight is 515 g/mol. The van der Waals surface area contributed by atoms with Crippen LogP contribution in [0.25, 0.3) is 42.8 Å². The Morgan fingerprint density at radius 2 is 1.00 bits per heavy atom. The Morgan fingerprint density at radius 3 is 1.38 bits per heavy atom. The third-order valence-corrected chi connectivity index (χ3v) is 7.99. The lowest BCUT2D eigenvalue weighted by atomic mass is 10.1. The highest BCUT2D eigenvalue weighted by molar-refractivity contribution is 7.18. The van der Waals surface area contributed by atoms with Gasteiger partial charge in [-0.15, -0.1) is 11.3 Å². The van der Waals surface area contributed by atoms with Crippen molar-refractivity contribution in [2.75, 3.05) is 36.0 Å². The van der Waals surface area contributed by atoms with Crippen LogP contribution in [0.1, 0.15) is 27.7 Å². The first-order valence-corrected chi connectivity index (χ1v) is 13.5. The van der Waals surface area contributed by atoms with Gasteiger partial charge in [0.2, 0.25) is 0 Å². The van der Waals surface area contributed by atoms with Crippen LogP contribution in [0.15, 0.2) is 79.1 Å². The van der Waals surface area contributed by atoms with Crippen LogP contribution in [-0.4, -0.2) is 26.2 Å². The van der Waals surface area contributed by atoms with Crippen LogP contribution in [0.5, 0.6) is 0 Å². The van der Waals surface area contributed by atoms with Gasteiger partial charge in [0, 0.05) is 70.2 Å². The molecule has 0 amide bonds. The van der Waals surface area contributed by atoms with Crippen molar-refractivity contribution in [3.63, 3.8) is 0 Å². The van der Waals surface area contributed by atoms with Crippen molar-refractivity contribution >= 4 is 44.7 Å². The van der Waals surface area contributed by atoms with E-state index in [1.165, 1.54) is 11.3 Å². The van der Waals surface area contributed by atoms with E-state index in [1.807, 2.05) is 60.7 Å².